The average Bonchev–Trinajstić information content (AvgIpc) is 2.75. The molecule has 1 heterocycles. The number of hydrogen-bond donors (Lipinski definition) is 2. The Hall–Kier alpha value is -3.74. The Labute approximate surface area is 169 Å². The highest BCUT2D eigenvalue weighted by molar-refractivity contribution is 6.04. The number of rotatable bonds is 8. The van der Waals surface area contributed by atoms with E-state index in [0.717, 1.165) is 17.1 Å². The van der Waals surface area contributed by atoms with Gasteiger partial charge >= 0.3 is 0 Å². The summed E-state index contributed by atoms with van der Waals surface area (Å²) in [5.41, 5.74) is 2.28. The van der Waals surface area contributed by atoms with Gasteiger partial charge in [-0.3, -0.25) is 9.78 Å². The van der Waals surface area contributed by atoms with E-state index in [1.165, 1.54) is 7.11 Å². The smallest absolute Gasteiger partial charge is 0.274 e. The molecular weight excluding hydrogens is 370 g/mol. The number of nitrogens with one attached hydrogen (secondary N) is 2. The first-order chi connectivity index (χ1) is 14.1. The number of hydrogen-bond acceptors (Lipinski definition) is 6. The third kappa shape index (κ3) is 4.95. The normalized spacial score (nSPS) is 10.2. The molecule has 0 aliphatic carbocycles. The predicted octanol–water partition coefficient (Wildman–Crippen LogP) is 4.49. The Kier molecular flexibility index (Phi) is 6.52. The van der Waals surface area contributed by atoms with Crippen LogP contribution in [0.15, 0.2) is 60.8 Å². The Bertz CT molecular complexity index is 991. The van der Waals surface area contributed by atoms with Crippen LogP contribution in [-0.2, 0) is 0 Å². The minimum absolute atomic E-state index is 0.258. The molecule has 3 rings (SSSR count). The summed E-state index contributed by atoms with van der Waals surface area (Å²) in [5.74, 6) is 1.51. The molecule has 3 aromatic rings. The molecule has 1 aromatic heterocycles. The number of methoxy groups -OCH3 is 2. The van der Waals surface area contributed by atoms with E-state index < -0.39 is 0 Å². The van der Waals surface area contributed by atoms with Crippen molar-refractivity contribution in [3.8, 4) is 17.2 Å². The van der Waals surface area contributed by atoms with Gasteiger partial charge in [-0.25, -0.2) is 0 Å². The van der Waals surface area contributed by atoms with E-state index >= 15 is 0 Å². The summed E-state index contributed by atoms with van der Waals surface area (Å²) in [7, 11) is 3.10. The quantitative estimate of drug-likeness (QED) is 0.587. The van der Waals surface area contributed by atoms with Crippen molar-refractivity contribution < 1.29 is 19.0 Å². The fourth-order valence-corrected chi connectivity index (χ4v) is 2.74. The van der Waals surface area contributed by atoms with Crippen LogP contribution in [0, 0.1) is 0 Å². The van der Waals surface area contributed by atoms with Crippen LogP contribution in [0.1, 0.15) is 17.4 Å². The first-order valence-corrected chi connectivity index (χ1v) is 9.13. The van der Waals surface area contributed by atoms with Crippen molar-refractivity contribution in [2.45, 2.75) is 6.92 Å². The molecule has 7 nitrogen and oxygen atoms in total. The van der Waals surface area contributed by atoms with Crippen LogP contribution >= 0.6 is 0 Å². The van der Waals surface area contributed by atoms with Crippen LogP contribution in [0.5, 0.6) is 17.2 Å². The Morgan fingerprint density at radius 1 is 0.966 bits per heavy atom. The molecule has 150 valence electrons. The summed E-state index contributed by atoms with van der Waals surface area (Å²) < 4.78 is 16.1. The highest BCUT2D eigenvalue weighted by Gasteiger charge is 2.13. The lowest BCUT2D eigenvalue weighted by atomic mass is 10.2. The molecule has 0 radical (unpaired) electrons. The van der Waals surface area contributed by atoms with Gasteiger partial charge in [0.25, 0.3) is 5.91 Å². The van der Waals surface area contributed by atoms with E-state index in [4.69, 9.17) is 14.2 Å². The van der Waals surface area contributed by atoms with Crippen molar-refractivity contribution in [2.75, 3.05) is 31.5 Å². The number of pyridine rings is 1. The molecule has 2 aromatic carbocycles. The number of aromatic nitrogens is 1. The summed E-state index contributed by atoms with van der Waals surface area (Å²) in [6.45, 7) is 2.49. The van der Waals surface area contributed by atoms with Crippen LogP contribution in [0.4, 0.5) is 17.1 Å². The minimum Gasteiger partial charge on any atom is -0.497 e. The van der Waals surface area contributed by atoms with Gasteiger partial charge in [0, 0.05) is 18.0 Å². The summed E-state index contributed by atoms with van der Waals surface area (Å²) in [6.07, 6.45) is 1.57. The van der Waals surface area contributed by atoms with Gasteiger partial charge in [0.1, 0.15) is 22.9 Å². The maximum Gasteiger partial charge on any atom is 0.274 e. The zero-order valence-corrected chi connectivity index (χ0v) is 16.6. The SMILES string of the molecule is CCOc1ccccc1Nc1ccnc(C(=O)Nc2cc(OC)ccc2OC)c1. The Morgan fingerprint density at radius 3 is 2.55 bits per heavy atom. The Balaban J connectivity index is 1.80. The van der Waals surface area contributed by atoms with E-state index in [9.17, 15) is 4.79 Å². The number of carbonyl (C=O) groups excluding carboxylic acids is 1. The molecule has 0 saturated carbocycles. The number of para-hydroxylation sites is 2. The molecule has 7 heteroatoms. The molecule has 0 atom stereocenters. The van der Waals surface area contributed by atoms with Crippen molar-refractivity contribution in [3.05, 3.63) is 66.5 Å². The summed E-state index contributed by atoms with van der Waals surface area (Å²) >= 11 is 0. The number of carbonyl (C=O) groups is 1. The first kappa shape index (κ1) is 20.0. The fraction of sp³-hybridized carbons (Fsp3) is 0.182. The number of benzene rings is 2. The van der Waals surface area contributed by atoms with Crippen molar-refractivity contribution >= 4 is 23.0 Å². The third-order valence-electron chi connectivity index (χ3n) is 4.11. The van der Waals surface area contributed by atoms with Crippen LogP contribution in [0.25, 0.3) is 0 Å². The number of nitrogens with zero attached hydrogens (tertiary/aromatic N) is 1. The Morgan fingerprint density at radius 2 is 1.79 bits per heavy atom. The largest absolute Gasteiger partial charge is 0.497 e. The molecule has 0 aliphatic heterocycles. The molecule has 0 bridgehead atoms. The highest BCUT2D eigenvalue weighted by Crippen LogP contribution is 2.30. The van der Waals surface area contributed by atoms with Gasteiger partial charge in [0.15, 0.2) is 0 Å². The second kappa shape index (κ2) is 9.45. The zero-order valence-electron chi connectivity index (χ0n) is 16.6. The van der Waals surface area contributed by atoms with Crippen LogP contribution in [0.2, 0.25) is 0 Å². The van der Waals surface area contributed by atoms with Crippen molar-refractivity contribution in [1.82, 2.24) is 4.98 Å². The maximum atomic E-state index is 12.7. The molecule has 1 amide bonds. The molecule has 0 saturated heterocycles. The monoisotopic (exact) mass is 393 g/mol. The summed E-state index contributed by atoms with van der Waals surface area (Å²) in [4.78, 5) is 16.9. The standard InChI is InChI=1S/C22H23N3O4/c1-4-29-21-8-6-5-7-17(21)24-15-11-12-23-19(13-15)22(26)25-18-14-16(27-2)9-10-20(18)28-3/h5-14H,4H2,1-3H3,(H,23,24)(H,25,26). The number of ether oxygens (including phenoxy) is 3. The second-order valence-electron chi connectivity index (χ2n) is 6.00. The van der Waals surface area contributed by atoms with Gasteiger partial charge in [-0.15, -0.1) is 0 Å². The van der Waals surface area contributed by atoms with Crippen LogP contribution < -0.4 is 24.8 Å². The summed E-state index contributed by atoms with van der Waals surface area (Å²) in [5, 5.41) is 6.08. The lowest BCUT2D eigenvalue weighted by Crippen LogP contribution is -2.14. The number of amides is 1. The van der Waals surface area contributed by atoms with E-state index in [1.807, 2.05) is 31.2 Å². The minimum atomic E-state index is -0.363. The van der Waals surface area contributed by atoms with Gasteiger partial charge in [0.2, 0.25) is 0 Å². The third-order valence-corrected chi connectivity index (χ3v) is 4.11. The topological polar surface area (TPSA) is 81.7 Å². The van der Waals surface area contributed by atoms with Gasteiger partial charge in [0.05, 0.1) is 32.2 Å². The molecule has 0 fully saturated rings. The molecule has 0 unspecified atom stereocenters. The van der Waals surface area contributed by atoms with Gasteiger partial charge in [-0.1, -0.05) is 12.1 Å². The van der Waals surface area contributed by atoms with Crippen molar-refractivity contribution in [1.29, 1.82) is 0 Å². The predicted molar refractivity (Wildman–Crippen MR) is 113 cm³/mol. The molecule has 0 spiro atoms. The van der Waals surface area contributed by atoms with E-state index in [1.54, 1.807) is 43.6 Å². The molecule has 0 aliphatic rings. The van der Waals surface area contributed by atoms with Crippen LogP contribution in [-0.4, -0.2) is 31.7 Å². The molecule has 2 N–H and O–H groups in total. The first-order valence-electron chi connectivity index (χ1n) is 9.13. The zero-order chi connectivity index (χ0) is 20.6. The van der Waals surface area contributed by atoms with Crippen molar-refractivity contribution in [3.63, 3.8) is 0 Å². The molecular formula is C22H23N3O4. The van der Waals surface area contributed by atoms with Crippen molar-refractivity contribution in [2.24, 2.45) is 0 Å². The lowest BCUT2D eigenvalue weighted by Gasteiger charge is -2.13. The lowest BCUT2D eigenvalue weighted by molar-refractivity contribution is 0.102. The van der Waals surface area contributed by atoms with E-state index in [-0.39, 0.29) is 11.6 Å². The fourth-order valence-electron chi connectivity index (χ4n) is 2.74. The van der Waals surface area contributed by atoms with Crippen LogP contribution in [0.3, 0.4) is 0 Å². The van der Waals surface area contributed by atoms with E-state index in [2.05, 4.69) is 15.6 Å². The van der Waals surface area contributed by atoms with Gasteiger partial charge in [-0.2, -0.15) is 0 Å². The van der Waals surface area contributed by atoms with Gasteiger partial charge in [-0.05, 0) is 43.3 Å². The summed E-state index contributed by atoms with van der Waals surface area (Å²) in [6, 6.07) is 16.2. The second-order valence-corrected chi connectivity index (χ2v) is 6.00. The number of anilines is 3. The maximum absolute atomic E-state index is 12.7. The van der Waals surface area contributed by atoms with Gasteiger partial charge < -0.3 is 24.8 Å². The molecule has 29 heavy (non-hydrogen) atoms. The van der Waals surface area contributed by atoms with E-state index in [0.29, 0.717) is 23.8 Å². The average molecular weight is 393 g/mol. The highest BCUT2D eigenvalue weighted by atomic mass is 16.5.